The normalized spacial score (nSPS) is 27.1. The van der Waals surface area contributed by atoms with E-state index in [2.05, 4.69) is 38.0 Å². The van der Waals surface area contributed by atoms with Crippen molar-refractivity contribution in [2.45, 2.75) is 39.8 Å². The summed E-state index contributed by atoms with van der Waals surface area (Å²) in [6.45, 7) is 9.04. The lowest BCUT2D eigenvalue weighted by molar-refractivity contribution is 0.251. The van der Waals surface area contributed by atoms with Crippen LogP contribution in [0.5, 0.6) is 0 Å². The molecule has 0 aliphatic carbocycles. The van der Waals surface area contributed by atoms with Crippen LogP contribution < -0.4 is 0 Å². The number of rotatable bonds is 3. The molecule has 5 heteroatoms. The van der Waals surface area contributed by atoms with Crippen molar-refractivity contribution in [1.82, 2.24) is 4.90 Å². The molecule has 0 N–H and O–H groups in total. The maximum atomic E-state index is 5.99. The highest BCUT2D eigenvalue weighted by Crippen LogP contribution is 2.40. The predicted octanol–water partition coefficient (Wildman–Crippen LogP) is 3.96. The van der Waals surface area contributed by atoms with Gasteiger partial charge in [-0.2, -0.15) is 0 Å². The summed E-state index contributed by atoms with van der Waals surface area (Å²) in [5.41, 5.74) is 1.22. The first-order valence-electron chi connectivity index (χ1n) is 5.85. The van der Waals surface area contributed by atoms with E-state index < -0.39 is 0 Å². The highest BCUT2D eigenvalue weighted by Gasteiger charge is 2.43. The predicted molar refractivity (Wildman–Crippen MR) is 80.2 cm³/mol. The Hall–Kier alpha value is 0.140. The lowest BCUT2D eigenvalue weighted by Gasteiger charge is -2.32. The Morgan fingerprint density at radius 2 is 2.00 bits per heavy atom. The molecule has 0 saturated heterocycles. The molecule has 2 nitrogen and oxygen atoms in total. The van der Waals surface area contributed by atoms with Gasteiger partial charge in [0.1, 0.15) is 0 Å². The van der Waals surface area contributed by atoms with Gasteiger partial charge in [0.15, 0.2) is 5.17 Å². The van der Waals surface area contributed by atoms with E-state index in [9.17, 15) is 0 Å². The standard InChI is InChI=1S/C12H19ClN2S.ClH/c1-7(2)10-11(8(3)4)15-9(5-13)6-16-12(15)14-10;/h6-8,10-11H,5H2,1-4H3;1H/t10-,11-;/m0./s1. The van der Waals surface area contributed by atoms with Crippen LogP contribution in [0.4, 0.5) is 0 Å². The van der Waals surface area contributed by atoms with E-state index in [-0.39, 0.29) is 12.4 Å². The molecule has 2 aliphatic rings. The molecule has 0 saturated carbocycles. The van der Waals surface area contributed by atoms with Crippen molar-refractivity contribution in [2.75, 3.05) is 5.88 Å². The minimum absolute atomic E-state index is 0. The fraction of sp³-hybridized carbons (Fsp3) is 0.750. The van der Waals surface area contributed by atoms with Crippen molar-refractivity contribution in [3.63, 3.8) is 0 Å². The van der Waals surface area contributed by atoms with Crippen LogP contribution in [0.25, 0.3) is 0 Å². The lowest BCUT2D eigenvalue weighted by atomic mass is 9.89. The van der Waals surface area contributed by atoms with Gasteiger partial charge in [-0.3, -0.25) is 4.99 Å². The largest absolute Gasteiger partial charge is 0.317 e. The van der Waals surface area contributed by atoms with Crippen molar-refractivity contribution < 1.29 is 0 Å². The molecule has 17 heavy (non-hydrogen) atoms. The molecule has 0 aromatic heterocycles. The number of alkyl halides is 1. The van der Waals surface area contributed by atoms with Crippen LogP contribution >= 0.6 is 35.8 Å². The second kappa shape index (κ2) is 5.85. The number of amidine groups is 1. The first kappa shape index (κ1) is 15.2. The number of hydrogen-bond acceptors (Lipinski definition) is 3. The Balaban J connectivity index is 0.00000144. The third kappa shape index (κ3) is 2.61. The molecule has 0 spiro atoms. The van der Waals surface area contributed by atoms with Crippen molar-refractivity contribution in [1.29, 1.82) is 0 Å². The second-order valence-corrected chi connectivity index (χ2v) is 6.22. The average molecular weight is 295 g/mol. The van der Waals surface area contributed by atoms with Gasteiger partial charge >= 0.3 is 0 Å². The van der Waals surface area contributed by atoms with E-state index in [0.717, 1.165) is 5.17 Å². The lowest BCUT2D eigenvalue weighted by Crippen LogP contribution is -2.42. The summed E-state index contributed by atoms with van der Waals surface area (Å²) in [6, 6.07) is 0.893. The van der Waals surface area contributed by atoms with E-state index in [4.69, 9.17) is 16.6 Å². The first-order chi connectivity index (χ1) is 7.56. The Morgan fingerprint density at radius 1 is 1.35 bits per heavy atom. The number of fused-ring (bicyclic) bond motifs is 1. The van der Waals surface area contributed by atoms with Gasteiger partial charge in [-0.15, -0.1) is 24.0 Å². The minimum Gasteiger partial charge on any atom is -0.317 e. The summed E-state index contributed by atoms with van der Waals surface area (Å²) in [5, 5.41) is 3.28. The summed E-state index contributed by atoms with van der Waals surface area (Å²) >= 11 is 7.71. The van der Waals surface area contributed by atoms with Crippen LogP contribution in [-0.4, -0.2) is 28.0 Å². The minimum atomic E-state index is 0. The summed E-state index contributed by atoms with van der Waals surface area (Å²) in [5.74, 6) is 1.77. The van der Waals surface area contributed by atoms with E-state index in [1.807, 2.05) is 0 Å². The summed E-state index contributed by atoms with van der Waals surface area (Å²) in [4.78, 5) is 7.20. The zero-order valence-corrected chi connectivity index (χ0v) is 13.1. The Bertz CT molecular complexity index is 339. The smallest absolute Gasteiger partial charge is 0.168 e. The van der Waals surface area contributed by atoms with E-state index in [1.54, 1.807) is 11.8 Å². The Labute approximate surface area is 119 Å². The van der Waals surface area contributed by atoms with Crippen LogP contribution in [0, 0.1) is 11.8 Å². The molecule has 0 radical (unpaired) electrons. The van der Waals surface area contributed by atoms with Crippen LogP contribution in [0.15, 0.2) is 16.1 Å². The molecule has 2 heterocycles. The monoisotopic (exact) mass is 294 g/mol. The van der Waals surface area contributed by atoms with Gasteiger partial charge in [0, 0.05) is 5.70 Å². The molecule has 2 atom stereocenters. The Morgan fingerprint density at radius 3 is 2.47 bits per heavy atom. The summed E-state index contributed by atoms with van der Waals surface area (Å²) < 4.78 is 0. The molecular formula is C12H20Cl2N2S. The quantitative estimate of drug-likeness (QED) is 0.732. The summed E-state index contributed by atoms with van der Waals surface area (Å²) in [6.07, 6.45) is 0. The van der Waals surface area contributed by atoms with Crippen molar-refractivity contribution >= 4 is 40.9 Å². The number of nitrogens with zero attached hydrogens (tertiary/aromatic N) is 2. The fourth-order valence-electron chi connectivity index (χ4n) is 2.46. The molecule has 0 aromatic rings. The number of thioether (sulfide) groups is 1. The van der Waals surface area contributed by atoms with E-state index in [1.165, 1.54) is 5.70 Å². The molecule has 0 bridgehead atoms. The topological polar surface area (TPSA) is 15.6 Å². The number of allylic oxidation sites excluding steroid dienone is 1. The number of halogens is 2. The maximum Gasteiger partial charge on any atom is 0.168 e. The second-order valence-electron chi connectivity index (χ2n) is 5.11. The molecule has 0 amide bonds. The van der Waals surface area contributed by atoms with Gasteiger partial charge < -0.3 is 4.90 Å². The van der Waals surface area contributed by atoms with Gasteiger partial charge in [0.25, 0.3) is 0 Å². The first-order valence-corrected chi connectivity index (χ1v) is 7.26. The van der Waals surface area contributed by atoms with E-state index >= 15 is 0 Å². The van der Waals surface area contributed by atoms with Crippen LogP contribution in [0.1, 0.15) is 27.7 Å². The van der Waals surface area contributed by atoms with E-state index in [0.29, 0.717) is 29.8 Å². The zero-order chi connectivity index (χ0) is 11.9. The molecule has 2 rings (SSSR count). The van der Waals surface area contributed by atoms with Gasteiger partial charge in [0.05, 0.1) is 18.0 Å². The molecular weight excluding hydrogens is 275 g/mol. The fourth-order valence-corrected chi connectivity index (χ4v) is 3.73. The molecule has 0 aromatic carbocycles. The molecule has 98 valence electrons. The van der Waals surface area contributed by atoms with Crippen LogP contribution in [0.3, 0.4) is 0 Å². The Kier molecular flexibility index (Phi) is 5.23. The van der Waals surface area contributed by atoms with Gasteiger partial charge in [-0.05, 0) is 17.2 Å². The van der Waals surface area contributed by atoms with Gasteiger partial charge in [-0.1, -0.05) is 39.5 Å². The number of aliphatic imine (C=N–C) groups is 1. The third-order valence-corrected chi connectivity index (χ3v) is 4.40. The van der Waals surface area contributed by atoms with Crippen molar-refractivity contribution in [3.8, 4) is 0 Å². The van der Waals surface area contributed by atoms with Crippen LogP contribution in [-0.2, 0) is 0 Å². The maximum absolute atomic E-state index is 5.99. The highest BCUT2D eigenvalue weighted by atomic mass is 35.5. The van der Waals surface area contributed by atoms with Gasteiger partial charge in [-0.25, -0.2) is 0 Å². The van der Waals surface area contributed by atoms with Crippen molar-refractivity contribution in [2.24, 2.45) is 16.8 Å². The summed E-state index contributed by atoms with van der Waals surface area (Å²) in [7, 11) is 0. The van der Waals surface area contributed by atoms with Gasteiger partial charge in [0.2, 0.25) is 0 Å². The molecule has 0 fully saturated rings. The SMILES string of the molecule is CC(C)[C@@H]1N=C2SC=C(CCl)N2[C@H]1C(C)C.Cl. The van der Waals surface area contributed by atoms with Crippen LogP contribution in [0.2, 0.25) is 0 Å². The number of hydrogen-bond donors (Lipinski definition) is 0. The van der Waals surface area contributed by atoms with Crippen molar-refractivity contribution in [3.05, 3.63) is 11.1 Å². The zero-order valence-electron chi connectivity index (χ0n) is 10.7. The molecule has 2 aliphatic heterocycles. The third-order valence-electron chi connectivity index (χ3n) is 3.23. The highest BCUT2D eigenvalue weighted by molar-refractivity contribution is 8.16. The average Bonchev–Trinajstić information content (AvgIpc) is 2.73. The molecule has 0 unspecified atom stereocenters.